The van der Waals surface area contributed by atoms with Crippen LogP contribution in [-0.4, -0.2) is 86.2 Å². The topological polar surface area (TPSA) is 102 Å². The maximum absolute atomic E-state index is 14.5. The fourth-order valence-corrected chi connectivity index (χ4v) is 9.00. The lowest BCUT2D eigenvalue weighted by Crippen LogP contribution is -2.67. The van der Waals surface area contributed by atoms with Gasteiger partial charge in [0.25, 0.3) is 0 Å². The number of thioether (sulfide) groups is 2. The Hall–Kier alpha value is -1.86. The van der Waals surface area contributed by atoms with Crippen LogP contribution < -0.4 is 0 Å². The molecule has 0 aliphatic carbocycles. The van der Waals surface area contributed by atoms with E-state index in [0.717, 1.165) is 17.3 Å². The molecule has 3 fully saturated rings. The average molecular weight is 587 g/mol. The molecule has 3 saturated heterocycles. The van der Waals surface area contributed by atoms with E-state index in [9.17, 15) is 19.2 Å². The van der Waals surface area contributed by atoms with Crippen LogP contribution in [0.1, 0.15) is 25.8 Å². The minimum atomic E-state index is -1.83. The van der Waals surface area contributed by atoms with Crippen LogP contribution in [0.5, 0.6) is 0 Å². The number of esters is 3. The summed E-state index contributed by atoms with van der Waals surface area (Å²) in [7, 11) is 1.24. The number of halogens is 1. The quantitative estimate of drug-likeness (QED) is 0.255. The number of rotatable bonds is 8. The summed E-state index contributed by atoms with van der Waals surface area (Å²) in [4.78, 5) is 58.0. The summed E-state index contributed by atoms with van der Waals surface area (Å²) in [5.74, 6) is -2.92. The van der Waals surface area contributed by atoms with Crippen molar-refractivity contribution >= 4 is 75.5 Å². The summed E-state index contributed by atoms with van der Waals surface area (Å²) in [5.41, 5.74) is -1.07. The van der Waals surface area contributed by atoms with Crippen LogP contribution >= 0.6 is 47.3 Å². The highest BCUT2D eigenvalue weighted by molar-refractivity contribution is 8.25. The van der Waals surface area contributed by atoms with E-state index < -0.39 is 52.5 Å². The molecule has 3 aliphatic heterocycles. The summed E-state index contributed by atoms with van der Waals surface area (Å²) in [5, 5.41) is 0.542. The summed E-state index contributed by atoms with van der Waals surface area (Å²) >= 11 is 14.2. The molecule has 37 heavy (non-hydrogen) atoms. The Bertz CT molecular complexity index is 1120. The number of hydrogen-bond donors (Lipinski definition) is 0. The molecule has 3 heterocycles. The van der Waals surface area contributed by atoms with Crippen LogP contribution in [0.15, 0.2) is 24.3 Å². The lowest BCUT2D eigenvalue weighted by Gasteiger charge is -2.43. The van der Waals surface area contributed by atoms with E-state index in [2.05, 4.69) is 0 Å². The van der Waals surface area contributed by atoms with Gasteiger partial charge in [0.15, 0.2) is 5.54 Å². The molecule has 13 heteroatoms. The number of amides is 1. The molecular weight excluding hydrogens is 560 g/mol. The monoisotopic (exact) mass is 586 g/mol. The number of hydrogen-bond acceptors (Lipinski definition) is 11. The zero-order valence-corrected chi connectivity index (χ0v) is 23.8. The van der Waals surface area contributed by atoms with Gasteiger partial charge < -0.3 is 14.2 Å². The van der Waals surface area contributed by atoms with Crippen molar-refractivity contribution in [2.75, 3.05) is 32.0 Å². The highest BCUT2D eigenvalue weighted by Crippen LogP contribution is 2.63. The first-order valence-corrected chi connectivity index (χ1v) is 14.5. The summed E-state index contributed by atoms with van der Waals surface area (Å²) < 4.78 is 14.4. The van der Waals surface area contributed by atoms with Gasteiger partial charge in [0.2, 0.25) is 5.91 Å². The van der Waals surface area contributed by atoms with Crippen LogP contribution in [0, 0.1) is 5.92 Å². The van der Waals surface area contributed by atoms with Crippen molar-refractivity contribution in [2.45, 2.75) is 43.1 Å². The molecule has 0 saturated carbocycles. The lowest BCUT2D eigenvalue weighted by atomic mass is 9.74. The largest absolute Gasteiger partial charge is 0.469 e. The zero-order chi connectivity index (χ0) is 27.0. The van der Waals surface area contributed by atoms with Crippen molar-refractivity contribution in [1.29, 1.82) is 0 Å². The molecule has 4 atom stereocenters. The molecule has 0 aromatic heterocycles. The van der Waals surface area contributed by atoms with Crippen LogP contribution in [-0.2, 0) is 39.9 Å². The number of ether oxygens (including phenoxy) is 3. The van der Waals surface area contributed by atoms with Gasteiger partial charge in [-0.05, 0) is 31.5 Å². The van der Waals surface area contributed by atoms with E-state index in [-0.39, 0.29) is 24.1 Å². The first kappa shape index (κ1) is 28.2. The van der Waals surface area contributed by atoms with E-state index in [4.69, 9.17) is 38.0 Å². The van der Waals surface area contributed by atoms with E-state index in [0.29, 0.717) is 16.7 Å². The highest BCUT2D eigenvalue weighted by atomic mass is 35.5. The predicted molar refractivity (Wildman–Crippen MR) is 144 cm³/mol. The first-order chi connectivity index (χ1) is 17.7. The fraction of sp³-hybridized carbons (Fsp3) is 0.542. The Morgan fingerprint density at radius 3 is 2.46 bits per heavy atom. The SMILES string of the molecule is CCOC(=O)CC1(C(=O)OCC)N2CSCC2C(C(=O)OC)C12SC(=S)N(Cc1ccc(Cl)cc1)C2=O. The number of fused-ring (bicyclic) bond motifs is 1. The smallest absolute Gasteiger partial charge is 0.329 e. The molecule has 9 nitrogen and oxygen atoms in total. The van der Waals surface area contributed by atoms with E-state index in [1.54, 1.807) is 43.0 Å². The molecule has 4 unspecified atom stereocenters. The number of methoxy groups -OCH3 is 1. The van der Waals surface area contributed by atoms with Gasteiger partial charge in [0, 0.05) is 22.7 Å². The zero-order valence-electron chi connectivity index (χ0n) is 20.6. The second-order valence-electron chi connectivity index (χ2n) is 8.72. The normalized spacial score (nSPS) is 29.0. The summed E-state index contributed by atoms with van der Waals surface area (Å²) in [6.07, 6.45) is -0.472. The predicted octanol–water partition coefficient (Wildman–Crippen LogP) is 2.87. The number of carbonyl (C=O) groups excluding carboxylic acids is 4. The van der Waals surface area contributed by atoms with E-state index >= 15 is 0 Å². The standard InChI is InChI=1S/C24H27ClN2O7S3/c1-4-33-17(28)10-23(21(31)34-5-2)24(18(19(29)32-3)16-12-36-13-27(16)23)20(30)26(22(35)37-24)11-14-6-8-15(25)9-7-14/h6-9,16,18H,4-5,10-13H2,1-3H3. The van der Waals surface area contributed by atoms with Crippen molar-refractivity contribution in [3.8, 4) is 0 Å². The van der Waals surface area contributed by atoms with Crippen molar-refractivity contribution in [1.82, 2.24) is 9.80 Å². The Labute approximate surface area is 233 Å². The Balaban J connectivity index is 1.91. The average Bonchev–Trinajstić information content (AvgIpc) is 3.49. The molecular formula is C24H27ClN2O7S3. The van der Waals surface area contributed by atoms with Gasteiger partial charge in [-0.3, -0.25) is 24.2 Å². The molecule has 1 amide bonds. The van der Waals surface area contributed by atoms with Crippen molar-refractivity contribution in [3.63, 3.8) is 0 Å². The third-order valence-electron chi connectivity index (χ3n) is 6.91. The number of thiocarbonyl (C=S) groups is 1. The molecule has 1 aromatic rings. The third-order valence-corrected chi connectivity index (χ3v) is 10.1. The second kappa shape index (κ2) is 11.1. The number of carbonyl (C=O) groups is 4. The van der Waals surface area contributed by atoms with Crippen molar-refractivity contribution in [3.05, 3.63) is 34.9 Å². The van der Waals surface area contributed by atoms with Gasteiger partial charge >= 0.3 is 17.9 Å². The Kier molecular flexibility index (Phi) is 8.44. The first-order valence-electron chi connectivity index (χ1n) is 11.7. The molecule has 0 N–H and O–H groups in total. The van der Waals surface area contributed by atoms with Gasteiger partial charge in [0.05, 0.1) is 39.2 Å². The lowest BCUT2D eigenvalue weighted by molar-refractivity contribution is -0.167. The van der Waals surface area contributed by atoms with Crippen LogP contribution in [0.2, 0.25) is 5.02 Å². The Morgan fingerprint density at radius 1 is 1.16 bits per heavy atom. The third kappa shape index (κ3) is 4.44. The highest BCUT2D eigenvalue weighted by Gasteiger charge is 2.82. The maximum atomic E-state index is 14.5. The molecule has 1 spiro atoms. The molecule has 0 radical (unpaired) electrons. The molecule has 0 bridgehead atoms. The van der Waals surface area contributed by atoms with Crippen molar-refractivity contribution < 1.29 is 33.4 Å². The molecule has 4 rings (SSSR count). The van der Waals surface area contributed by atoms with E-state index in [1.165, 1.54) is 23.8 Å². The van der Waals surface area contributed by atoms with Gasteiger partial charge in [0.1, 0.15) is 9.07 Å². The van der Waals surface area contributed by atoms with Crippen molar-refractivity contribution in [2.24, 2.45) is 5.92 Å². The number of benzene rings is 1. The van der Waals surface area contributed by atoms with Gasteiger partial charge in [-0.15, -0.1) is 11.8 Å². The van der Waals surface area contributed by atoms with Gasteiger partial charge in [-0.25, -0.2) is 4.79 Å². The van der Waals surface area contributed by atoms with E-state index in [1.807, 2.05) is 0 Å². The maximum Gasteiger partial charge on any atom is 0.329 e. The molecule has 200 valence electrons. The summed E-state index contributed by atoms with van der Waals surface area (Å²) in [6.45, 7) is 3.52. The summed E-state index contributed by atoms with van der Waals surface area (Å²) in [6, 6.07) is 6.39. The van der Waals surface area contributed by atoms with Gasteiger partial charge in [-0.1, -0.05) is 47.7 Å². The minimum Gasteiger partial charge on any atom is -0.469 e. The van der Waals surface area contributed by atoms with Crippen LogP contribution in [0.3, 0.4) is 0 Å². The second-order valence-corrected chi connectivity index (χ2v) is 12.0. The number of nitrogens with zero attached hydrogens (tertiary/aromatic N) is 2. The minimum absolute atomic E-state index is 0.0197. The molecule has 3 aliphatic rings. The van der Waals surface area contributed by atoms with Crippen LogP contribution in [0.25, 0.3) is 0 Å². The van der Waals surface area contributed by atoms with Gasteiger partial charge in [-0.2, -0.15) is 0 Å². The fourth-order valence-electron chi connectivity index (χ4n) is 5.45. The van der Waals surface area contributed by atoms with Crippen LogP contribution in [0.4, 0.5) is 0 Å². The Morgan fingerprint density at radius 2 is 1.84 bits per heavy atom. The molecule has 1 aromatic carbocycles.